The maximum atomic E-state index is 13.4. The summed E-state index contributed by atoms with van der Waals surface area (Å²) in [5, 5.41) is 6.27. The van der Waals surface area contributed by atoms with Crippen LogP contribution in [0.2, 0.25) is 0 Å². The molecule has 5 rings (SSSR count). The molecule has 0 spiro atoms. The molecule has 0 bridgehead atoms. The number of fused-ring (bicyclic) bond motifs is 2. The van der Waals surface area contributed by atoms with Crippen LogP contribution < -0.4 is 10.6 Å². The zero-order chi connectivity index (χ0) is 23.5. The lowest BCUT2D eigenvalue weighted by atomic mass is 9.95. The SMILES string of the molecule is CCC(NC(=O)c1cc(C(=O)NC2CCCc3nccnc32)n2c1COCC2)c1ccccc1. The van der Waals surface area contributed by atoms with E-state index >= 15 is 0 Å². The lowest BCUT2D eigenvalue weighted by Gasteiger charge is -2.25. The minimum absolute atomic E-state index is 0.108. The lowest BCUT2D eigenvalue weighted by molar-refractivity contribution is 0.0772. The summed E-state index contributed by atoms with van der Waals surface area (Å²) in [7, 11) is 0. The maximum Gasteiger partial charge on any atom is 0.268 e. The number of amides is 2. The molecule has 2 amide bonds. The van der Waals surface area contributed by atoms with Crippen LogP contribution in [0.25, 0.3) is 0 Å². The van der Waals surface area contributed by atoms with Gasteiger partial charge in [-0.3, -0.25) is 19.6 Å². The van der Waals surface area contributed by atoms with E-state index in [2.05, 4.69) is 20.6 Å². The van der Waals surface area contributed by atoms with Crippen LogP contribution >= 0.6 is 0 Å². The van der Waals surface area contributed by atoms with Crippen molar-refractivity contribution in [3.05, 3.63) is 82.7 Å². The highest BCUT2D eigenvalue weighted by atomic mass is 16.5. The van der Waals surface area contributed by atoms with Gasteiger partial charge in [-0.05, 0) is 37.3 Å². The number of aryl methyl sites for hydroxylation is 1. The van der Waals surface area contributed by atoms with Gasteiger partial charge < -0.3 is 19.9 Å². The average Bonchev–Trinajstić information content (AvgIpc) is 3.28. The second kappa shape index (κ2) is 9.77. The quantitative estimate of drug-likeness (QED) is 0.588. The number of hydrogen-bond acceptors (Lipinski definition) is 5. The number of nitrogens with zero attached hydrogens (tertiary/aromatic N) is 3. The molecule has 8 heteroatoms. The molecule has 1 aliphatic carbocycles. The molecule has 3 heterocycles. The smallest absolute Gasteiger partial charge is 0.268 e. The minimum atomic E-state index is -0.208. The molecule has 0 saturated heterocycles. The number of nitrogens with one attached hydrogen (secondary N) is 2. The van der Waals surface area contributed by atoms with E-state index in [0.29, 0.717) is 31.0 Å². The number of aromatic nitrogens is 3. The first-order chi connectivity index (χ1) is 16.7. The molecule has 0 saturated carbocycles. The van der Waals surface area contributed by atoms with Crippen LogP contribution in [0.3, 0.4) is 0 Å². The molecule has 2 aliphatic rings. The Labute approximate surface area is 198 Å². The Hall–Kier alpha value is -3.52. The van der Waals surface area contributed by atoms with Crippen molar-refractivity contribution >= 4 is 11.8 Å². The molecule has 2 unspecified atom stereocenters. The molecule has 8 nitrogen and oxygen atoms in total. The number of hydrogen-bond donors (Lipinski definition) is 2. The molecule has 2 N–H and O–H groups in total. The summed E-state index contributed by atoms with van der Waals surface area (Å²) in [4.78, 5) is 35.6. The van der Waals surface area contributed by atoms with Crippen molar-refractivity contribution in [2.45, 2.75) is 57.8 Å². The summed E-state index contributed by atoms with van der Waals surface area (Å²) >= 11 is 0. The molecular formula is C26H29N5O3. The third-order valence-corrected chi connectivity index (χ3v) is 6.65. The fourth-order valence-corrected chi connectivity index (χ4v) is 4.90. The van der Waals surface area contributed by atoms with Crippen LogP contribution in [-0.2, 0) is 24.3 Å². The van der Waals surface area contributed by atoms with Crippen LogP contribution in [0, 0.1) is 0 Å². The molecule has 2 atom stereocenters. The van der Waals surface area contributed by atoms with Gasteiger partial charge in [-0.15, -0.1) is 0 Å². The topological polar surface area (TPSA) is 98.1 Å². The van der Waals surface area contributed by atoms with E-state index in [0.717, 1.165) is 48.3 Å². The van der Waals surface area contributed by atoms with E-state index < -0.39 is 0 Å². The zero-order valence-corrected chi connectivity index (χ0v) is 19.3. The standard InChI is InChI=1S/C26H29N5O3/c1-2-19(17-7-4-3-5-8-17)29-25(32)18-15-22(31-13-14-34-16-23(18)31)26(33)30-21-10-6-9-20-24(21)28-12-11-27-20/h3-5,7-8,11-12,15,19,21H,2,6,9-10,13-14,16H2,1H3,(H,29,32)(H,30,33). The van der Waals surface area contributed by atoms with Crippen molar-refractivity contribution in [3.8, 4) is 0 Å². The van der Waals surface area contributed by atoms with Crippen molar-refractivity contribution in [2.24, 2.45) is 0 Å². The molecule has 176 valence electrons. The summed E-state index contributed by atoms with van der Waals surface area (Å²) < 4.78 is 7.56. The first-order valence-corrected chi connectivity index (χ1v) is 11.9. The molecule has 2 aromatic heterocycles. The van der Waals surface area contributed by atoms with Gasteiger partial charge in [-0.25, -0.2) is 0 Å². The van der Waals surface area contributed by atoms with Gasteiger partial charge in [0.2, 0.25) is 0 Å². The normalized spacial score (nSPS) is 17.9. The van der Waals surface area contributed by atoms with Gasteiger partial charge in [-0.1, -0.05) is 37.3 Å². The summed E-state index contributed by atoms with van der Waals surface area (Å²) in [5.41, 5.74) is 4.53. The highest BCUT2D eigenvalue weighted by molar-refractivity contribution is 6.01. The fourth-order valence-electron chi connectivity index (χ4n) is 4.90. The lowest BCUT2D eigenvalue weighted by Crippen LogP contribution is -2.34. The van der Waals surface area contributed by atoms with Gasteiger partial charge in [-0.2, -0.15) is 0 Å². The minimum Gasteiger partial charge on any atom is -0.373 e. The first-order valence-electron chi connectivity index (χ1n) is 11.9. The highest BCUT2D eigenvalue weighted by Gasteiger charge is 2.30. The largest absolute Gasteiger partial charge is 0.373 e. The molecule has 0 radical (unpaired) electrons. The third kappa shape index (κ3) is 4.33. The van der Waals surface area contributed by atoms with Gasteiger partial charge in [0.05, 0.1) is 47.9 Å². The second-order valence-electron chi connectivity index (χ2n) is 8.75. The predicted octanol–water partition coefficient (Wildman–Crippen LogP) is 3.50. The molecule has 1 aliphatic heterocycles. The van der Waals surface area contributed by atoms with E-state index in [1.165, 1.54) is 0 Å². The van der Waals surface area contributed by atoms with Crippen molar-refractivity contribution < 1.29 is 14.3 Å². The number of carbonyl (C=O) groups is 2. The van der Waals surface area contributed by atoms with Gasteiger partial charge in [0.1, 0.15) is 5.69 Å². The average molecular weight is 460 g/mol. The summed E-state index contributed by atoms with van der Waals surface area (Å²) in [6.07, 6.45) is 6.75. The maximum absolute atomic E-state index is 13.4. The first kappa shape index (κ1) is 22.3. The molecular weight excluding hydrogens is 430 g/mol. The Morgan fingerprint density at radius 1 is 1.18 bits per heavy atom. The second-order valence-corrected chi connectivity index (χ2v) is 8.75. The van der Waals surface area contributed by atoms with E-state index in [9.17, 15) is 9.59 Å². The Morgan fingerprint density at radius 3 is 2.82 bits per heavy atom. The Morgan fingerprint density at radius 2 is 2.00 bits per heavy atom. The van der Waals surface area contributed by atoms with Crippen molar-refractivity contribution in [1.29, 1.82) is 0 Å². The number of ether oxygens (including phenoxy) is 1. The molecule has 1 aromatic carbocycles. The summed E-state index contributed by atoms with van der Waals surface area (Å²) in [5.74, 6) is -0.404. The van der Waals surface area contributed by atoms with Crippen molar-refractivity contribution in [1.82, 2.24) is 25.2 Å². The fraction of sp³-hybridized carbons (Fsp3) is 0.385. The Kier molecular flexibility index (Phi) is 6.40. The Bertz CT molecular complexity index is 1190. The number of benzene rings is 1. The molecule has 34 heavy (non-hydrogen) atoms. The van der Waals surface area contributed by atoms with Crippen LogP contribution in [0.5, 0.6) is 0 Å². The van der Waals surface area contributed by atoms with E-state index in [-0.39, 0.29) is 23.9 Å². The van der Waals surface area contributed by atoms with Gasteiger partial charge in [0, 0.05) is 18.9 Å². The highest BCUT2D eigenvalue weighted by Crippen LogP contribution is 2.28. The number of rotatable bonds is 6. The van der Waals surface area contributed by atoms with Crippen LogP contribution in [-0.4, -0.2) is 33.0 Å². The van der Waals surface area contributed by atoms with Gasteiger partial charge in [0.15, 0.2) is 0 Å². The van der Waals surface area contributed by atoms with E-state index in [1.807, 2.05) is 41.8 Å². The van der Waals surface area contributed by atoms with Crippen LogP contribution in [0.4, 0.5) is 0 Å². The Balaban J connectivity index is 1.40. The number of carbonyl (C=O) groups excluding carboxylic acids is 2. The van der Waals surface area contributed by atoms with Gasteiger partial charge >= 0.3 is 0 Å². The predicted molar refractivity (Wildman–Crippen MR) is 126 cm³/mol. The molecule has 0 fully saturated rings. The zero-order valence-electron chi connectivity index (χ0n) is 19.3. The van der Waals surface area contributed by atoms with Gasteiger partial charge in [0.25, 0.3) is 11.8 Å². The van der Waals surface area contributed by atoms with E-state index in [1.54, 1.807) is 18.5 Å². The monoisotopic (exact) mass is 459 g/mol. The summed E-state index contributed by atoms with van der Waals surface area (Å²) in [6.45, 7) is 3.38. The third-order valence-electron chi connectivity index (χ3n) is 6.65. The summed E-state index contributed by atoms with van der Waals surface area (Å²) in [6, 6.07) is 11.3. The van der Waals surface area contributed by atoms with Crippen LogP contribution in [0.1, 0.15) is 81.8 Å². The van der Waals surface area contributed by atoms with Crippen molar-refractivity contribution in [2.75, 3.05) is 6.61 Å². The van der Waals surface area contributed by atoms with Crippen LogP contribution in [0.15, 0.2) is 48.8 Å². The van der Waals surface area contributed by atoms with E-state index in [4.69, 9.17) is 4.74 Å². The molecule has 3 aromatic rings. The van der Waals surface area contributed by atoms with Crippen molar-refractivity contribution in [3.63, 3.8) is 0 Å².